The van der Waals surface area contributed by atoms with E-state index in [1.807, 2.05) is 18.2 Å². The van der Waals surface area contributed by atoms with E-state index in [0.717, 1.165) is 12.8 Å². The van der Waals surface area contributed by atoms with Crippen LogP contribution >= 0.6 is 0 Å². The molecular formula is C12H17NO3. The van der Waals surface area contributed by atoms with Gasteiger partial charge in [0.25, 0.3) is 0 Å². The number of aliphatic hydroxyl groups is 1. The number of ether oxygens (including phenoxy) is 1. The molecule has 0 spiro atoms. The molecule has 0 saturated carbocycles. The molecule has 1 amide bonds. The lowest BCUT2D eigenvalue weighted by Crippen LogP contribution is -2.08. The second-order valence-electron chi connectivity index (χ2n) is 3.46. The molecule has 1 rings (SSSR count). The van der Waals surface area contributed by atoms with Crippen molar-refractivity contribution in [2.45, 2.75) is 19.8 Å². The van der Waals surface area contributed by atoms with Crippen LogP contribution in [0.1, 0.15) is 19.8 Å². The van der Waals surface area contributed by atoms with Gasteiger partial charge in [-0.15, -0.1) is 0 Å². The quantitative estimate of drug-likeness (QED) is 0.723. The minimum atomic E-state index is -0.119. The van der Waals surface area contributed by atoms with Crippen LogP contribution in [0.15, 0.2) is 24.3 Å². The number of rotatable bonds is 6. The average Bonchev–Trinajstić information content (AvgIpc) is 2.26. The summed E-state index contributed by atoms with van der Waals surface area (Å²) in [6, 6.07) is 7.30. The lowest BCUT2D eigenvalue weighted by Gasteiger charge is -2.11. The van der Waals surface area contributed by atoms with Gasteiger partial charge in [0.15, 0.2) is 0 Å². The zero-order valence-corrected chi connectivity index (χ0v) is 9.40. The smallest absolute Gasteiger partial charge is 0.221 e. The third-order valence-electron chi connectivity index (χ3n) is 2.01. The highest BCUT2D eigenvalue weighted by Gasteiger charge is 2.03. The van der Waals surface area contributed by atoms with Gasteiger partial charge >= 0.3 is 0 Å². The summed E-state index contributed by atoms with van der Waals surface area (Å²) in [6.45, 7) is 2.18. The molecule has 16 heavy (non-hydrogen) atoms. The molecule has 0 aliphatic rings. The normalized spacial score (nSPS) is 9.88. The first-order chi connectivity index (χ1) is 7.74. The molecule has 0 atom stereocenters. The summed E-state index contributed by atoms with van der Waals surface area (Å²) >= 11 is 0. The molecule has 88 valence electrons. The summed E-state index contributed by atoms with van der Waals surface area (Å²) in [5.41, 5.74) is 0.680. The van der Waals surface area contributed by atoms with Crippen LogP contribution in [0.2, 0.25) is 0 Å². The van der Waals surface area contributed by atoms with Crippen LogP contribution in [0.4, 0.5) is 5.69 Å². The highest BCUT2D eigenvalue weighted by Crippen LogP contribution is 2.23. The number of anilines is 1. The van der Waals surface area contributed by atoms with Crippen LogP contribution in [0.3, 0.4) is 0 Å². The summed E-state index contributed by atoms with van der Waals surface area (Å²) in [6.07, 6.45) is 1.52. The van der Waals surface area contributed by atoms with Gasteiger partial charge in [-0.1, -0.05) is 12.1 Å². The fourth-order valence-corrected chi connectivity index (χ4v) is 1.28. The van der Waals surface area contributed by atoms with Crippen LogP contribution in [-0.2, 0) is 4.79 Å². The highest BCUT2D eigenvalue weighted by molar-refractivity contribution is 5.90. The molecule has 2 N–H and O–H groups in total. The van der Waals surface area contributed by atoms with Crippen LogP contribution in [0.5, 0.6) is 5.75 Å². The number of amides is 1. The average molecular weight is 223 g/mol. The number of carbonyl (C=O) groups is 1. The molecule has 0 fully saturated rings. The maximum atomic E-state index is 10.9. The molecule has 0 aliphatic carbocycles. The number of benzene rings is 1. The lowest BCUT2D eigenvalue weighted by molar-refractivity contribution is -0.114. The van der Waals surface area contributed by atoms with Gasteiger partial charge < -0.3 is 15.2 Å². The van der Waals surface area contributed by atoms with Crippen molar-refractivity contribution in [1.29, 1.82) is 0 Å². The van der Waals surface area contributed by atoms with Gasteiger partial charge in [-0.3, -0.25) is 4.79 Å². The largest absolute Gasteiger partial charge is 0.491 e. The van der Waals surface area contributed by atoms with E-state index in [2.05, 4.69) is 5.32 Å². The number of hydrogen-bond acceptors (Lipinski definition) is 3. The third-order valence-corrected chi connectivity index (χ3v) is 2.01. The van der Waals surface area contributed by atoms with Gasteiger partial charge in [-0.25, -0.2) is 0 Å². The molecular weight excluding hydrogens is 206 g/mol. The molecule has 0 radical (unpaired) electrons. The van der Waals surface area contributed by atoms with Crippen molar-refractivity contribution in [1.82, 2.24) is 0 Å². The van der Waals surface area contributed by atoms with E-state index < -0.39 is 0 Å². The Balaban J connectivity index is 2.53. The summed E-state index contributed by atoms with van der Waals surface area (Å²) in [7, 11) is 0. The van der Waals surface area contributed by atoms with Gasteiger partial charge in [0, 0.05) is 13.5 Å². The minimum absolute atomic E-state index is 0.119. The highest BCUT2D eigenvalue weighted by atomic mass is 16.5. The second-order valence-corrected chi connectivity index (χ2v) is 3.46. The predicted octanol–water partition coefficient (Wildman–Crippen LogP) is 1.80. The Kier molecular flexibility index (Phi) is 5.36. The third kappa shape index (κ3) is 4.31. The van der Waals surface area contributed by atoms with Crippen LogP contribution in [-0.4, -0.2) is 24.2 Å². The maximum Gasteiger partial charge on any atom is 0.221 e. The van der Waals surface area contributed by atoms with E-state index in [1.165, 1.54) is 6.92 Å². The number of nitrogens with one attached hydrogen (secondary N) is 1. The van der Waals surface area contributed by atoms with Crippen LogP contribution in [0.25, 0.3) is 0 Å². The fourth-order valence-electron chi connectivity index (χ4n) is 1.28. The fraction of sp³-hybridized carbons (Fsp3) is 0.417. The SMILES string of the molecule is CC(=O)Nc1ccccc1OCCCCO. The zero-order chi connectivity index (χ0) is 11.8. The van der Waals surface area contributed by atoms with Crippen molar-refractivity contribution in [3.8, 4) is 5.75 Å². The van der Waals surface area contributed by atoms with Gasteiger partial charge in [0.05, 0.1) is 12.3 Å². The number of unbranched alkanes of at least 4 members (excludes halogenated alkanes) is 1. The van der Waals surface area contributed by atoms with E-state index in [-0.39, 0.29) is 12.5 Å². The maximum absolute atomic E-state index is 10.9. The Labute approximate surface area is 95.2 Å². The van der Waals surface area contributed by atoms with Crippen molar-refractivity contribution in [3.05, 3.63) is 24.3 Å². The summed E-state index contributed by atoms with van der Waals surface area (Å²) in [5, 5.41) is 11.3. The Bertz CT molecular complexity index is 339. The monoisotopic (exact) mass is 223 g/mol. The minimum Gasteiger partial charge on any atom is -0.491 e. The second kappa shape index (κ2) is 6.85. The standard InChI is InChI=1S/C12H17NO3/c1-10(15)13-11-6-2-3-7-12(11)16-9-5-4-8-14/h2-3,6-7,14H,4-5,8-9H2,1H3,(H,13,15). The number of hydrogen-bond donors (Lipinski definition) is 2. The molecule has 1 aromatic rings. The predicted molar refractivity (Wildman–Crippen MR) is 62.6 cm³/mol. The van der Waals surface area contributed by atoms with Crippen LogP contribution < -0.4 is 10.1 Å². The van der Waals surface area contributed by atoms with Gasteiger partial charge in [-0.05, 0) is 25.0 Å². The number of aliphatic hydroxyl groups excluding tert-OH is 1. The Morgan fingerprint density at radius 2 is 2.12 bits per heavy atom. The molecule has 0 saturated heterocycles. The van der Waals surface area contributed by atoms with E-state index in [4.69, 9.17) is 9.84 Å². The first-order valence-electron chi connectivity index (χ1n) is 5.34. The van der Waals surface area contributed by atoms with Gasteiger partial charge in [0.1, 0.15) is 5.75 Å². The topological polar surface area (TPSA) is 58.6 Å². The van der Waals surface area contributed by atoms with Crippen molar-refractivity contribution in [2.24, 2.45) is 0 Å². The van der Waals surface area contributed by atoms with Crippen molar-refractivity contribution < 1.29 is 14.6 Å². The van der Waals surface area contributed by atoms with E-state index in [1.54, 1.807) is 6.07 Å². The summed E-state index contributed by atoms with van der Waals surface area (Å²) in [5.74, 6) is 0.544. The molecule has 0 bridgehead atoms. The lowest BCUT2D eigenvalue weighted by atomic mass is 10.3. The van der Waals surface area contributed by atoms with E-state index >= 15 is 0 Å². The zero-order valence-electron chi connectivity index (χ0n) is 9.40. The number of carbonyl (C=O) groups excluding carboxylic acids is 1. The van der Waals surface area contributed by atoms with Crippen molar-refractivity contribution >= 4 is 11.6 Å². The molecule has 0 heterocycles. The molecule has 0 unspecified atom stereocenters. The van der Waals surface area contributed by atoms with Gasteiger partial charge in [0.2, 0.25) is 5.91 Å². The summed E-state index contributed by atoms with van der Waals surface area (Å²) < 4.78 is 5.51. The Morgan fingerprint density at radius 1 is 1.38 bits per heavy atom. The molecule has 1 aromatic carbocycles. The molecule has 4 heteroatoms. The molecule has 0 aliphatic heterocycles. The Hall–Kier alpha value is -1.55. The Morgan fingerprint density at radius 3 is 2.81 bits per heavy atom. The first-order valence-corrected chi connectivity index (χ1v) is 5.34. The number of para-hydroxylation sites is 2. The first kappa shape index (κ1) is 12.5. The van der Waals surface area contributed by atoms with E-state index in [0.29, 0.717) is 18.0 Å². The summed E-state index contributed by atoms with van der Waals surface area (Å²) in [4.78, 5) is 10.9. The van der Waals surface area contributed by atoms with E-state index in [9.17, 15) is 4.79 Å². The molecule has 0 aromatic heterocycles. The van der Waals surface area contributed by atoms with Crippen molar-refractivity contribution in [3.63, 3.8) is 0 Å². The van der Waals surface area contributed by atoms with Crippen LogP contribution in [0, 0.1) is 0 Å². The molecule has 4 nitrogen and oxygen atoms in total. The van der Waals surface area contributed by atoms with Crippen molar-refractivity contribution in [2.75, 3.05) is 18.5 Å². The van der Waals surface area contributed by atoms with Gasteiger partial charge in [-0.2, -0.15) is 0 Å².